The van der Waals surface area contributed by atoms with Crippen LogP contribution in [-0.4, -0.2) is 40.9 Å². The van der Waals surface area contributed by atoms with Crippen molar-refractivity contribution in [3.63, 3.8) is 0 Å². The first-order valence-corrected chi connectivity index (χ1v) is 12.4. The molecule has 0 saturated heterocycles. The van der Waals surface area contributed by atoms with Crippen molar-refractivity contribution in [1.82, 2.24) is 14.5 Å². The Bertz CT molecular complexity index is 1260. The monoisotopic (exact) mass is 442 g/mol. The third-order valence-electron chi connectivity index (χ3n) is 6.05. The highest BCUT2D eigenvalue weighted by atomic mass is 32.2. The summed E-state index contributed by atoms with van der Waals surface area (Å²) in [4.78, 5) is 11.9. The molecule has 4 rings (SSSR count). The fraction of sp³-hybridized carbons (Fsp3) is 0.478. The molecule has 1 aromatic carbocycles. The van der Waals surface area contributed by atoms with Crippen LogP contribution in [0.2, 0.25) is 0 Å². The Kier molecular flexibility index (Phi) is 5.13. The standard InChI is InChI=1S/C23H30N4O3S/c1-14(2)21-20-11-16-7-8-17(31(6,29)30)12-19(16)26(20)9-10-27(21)22-24-13-18(15(3)25-22)23(4,5)28/h7-8,11-14,21,28H,9-10H2,1-6H3. The molecule has 7 nitrogen and oxygen atoms in total. The molecule has 0 bridgehead atoms. The van der Waals surface area contributed by atoms with Crippen LogP contribution in [0.5, 0.6) is 0 Å². The highest BCUT2D eigenvalue weighted by molar-refractivity contribution is 7.90. The summed E-state index contributed by atoms with van der Waals surface area (Å²) >= 11 is 0. The molecule has 3 aromatic rings. The predicted octanol–water partition coefficient (Wildman–Crippen LogP) is 3.59. The molecule has 0 spiro atoms. The summed E-state index contributed by atoms with van der Waals surface area (Å²) in [6, 6.07) is 7.54. The van der Waals surface area contributed by atoms with Crippen LogP contribution in [0.4, 0.5) is 5.95 Å². The van der Waals surface area contributed by atoms with Gasteiger partial charge in [-0.2, -0.15) is 0 Å². The second-order valence-corrected chi connectivity index (χ2v) is 11.3. The molecule has 1 N–H and O–H groups in total. The summed E-state index contributed by atoms with van der Waals surface area (Å²) in [6.07, 6.45) is 2.96. The van der Waals surface area contributed by atoms with Gasteiger partial charge in [0.2, 0.25) is 5.95 Å². The highest BCUT2D eigenvalue weighted by Crippen LogP contribution is 2.38. The van der Waals surface area contributed by atoms with E-state index >= 15 is 0 Å². The van der Waals surface area contributed by atoms with E-state index in [0.29, 0.717) is 23.9 Å². The molecule has 8 heteroatoms. The molecular weight excluding hydrogens is 412 g/mol. The van der Waals surface area contributed by atoms with Crippen molar-refractivity contribution in [1.29, 1.82) is 0 Å². The Hall–Kier alpha value is -2.45. The molecule has 166 valence electrons. The number of hydrogen-bond acceptors (Lipinski definition) is 6. The number of anilines is 1. The van der Waals surface area contributed by atoms with E-state index in [9.17, 15) is 13.5 Å². The van der Waals surface area contributed by atoms with Crippen molar-refractivity contribution in [3.05, 3.63) is 47.4 Å². The zero-order valence-electron chi connectivity index (χ0n) is 18.9. The van der Waals surface area contributed by atoms with Crippen LogP contribution in [0.3, 0.4) is 0 Å². The summed E-state index contributed by atoms with van der Waals surface area (Å²) in [6.45, 7) is 11.1. The van der Waals surface area contributed by atoms with Gasteiger partial charge in [-0.25, -0.2) is 18.4 Å². The van der Waals surface area contributed by atoms with Crippen molar-refractivity contribution < 1.29 is 13.5 Å². The van der Waals surface area contributed by atoms with E-state index < -0.39 is 15.4 Å². The summed E-state index contributed by atoms with van der Waals surface area (Å²) in [5.41, 5.74) is 2.57. The first-order valence-electron chi connectivity index (χ1n) is 10.5. The van der Waals surface area contributed by atoms with Gasteiger partial charge in [-0.15, -0.1) is 0 Å². The normalized spacial score (nSPS) is 17.4. The molecule has 0 amide bonds. The largest absolute Gasteiger partial charge is 0.386 e. The lowest BCUT2D eigenvalue weighted by Crippen LogP contribution is -2.41. The number of rotatable bonds is 4. The van der Waals surface area contributed by atoms with Gasteiger partial charge in [0.1, 0.15) is 0 Å². The minimum atomic E-state index is -3.27. The Labute approximate surface area is 183 Å². The van der Waals surface area contributed by atoms with E-state index in [0.717, 1.165) is 27.9 Å². The zero-order valence-corrected chi connectivity index (χ0v) is 19.7. The van der Waals surface area contributed by atoms with Gasteiger partial charge in [0.15, 0.2) is 9.84 Å². The number of aromatic nitrogens is 3. The van der Waals surface area contributed by atoms with Crippen LogP contribution < -0.4 is 4.90 Å². The van der Waals surface area contributed by atoms with Gasteiger partial charge in [0.25, 0.3) is 0 Å². The highest BCUT2D eigenvalue weighted by Gasteiger charge is 2.34. The number of fused-ring (bicyclic) bond motifs is 3. The Morgan fingerprint density at radius 1 is 1.19 bits per heavy atom. The Morgan fingerprint density at radius 2 is 1.90 bits per heavy atom. The molecule has 1 unspecified atom stereocenters. The van der Waals surface area contributed by atoms with Crippen LogP contribution in [-0.2, 0) is 22.0 Å². The van der Waals surface area contributed by atoms with Crippen molar-refractivity contribution in [3.8, 4) is 0 Å². The number of hydrogen-bond donors (Lipinski definition) is 1. The first-order chi connectivity index (χ1) is 14.4. The van der Waals surface area contributed by atoms with Crippen LogP contribution in [0.1, 0.15) is 50.7 Å². The van der Waals surface area contributed by atoms with Crippen LogP contribution >= 0.6 is 0 Å². The van der Waals surface area contributed by atoms with E-state index in [4.69, 9.17) is 4.98 Å². The number of sulfone groups is 1. The van der Waals surface area contributed by atoms with Gasteiger partial charge in [0, 0.05) is 53.4 Å². The summed E-state index contributed by atoms with van der Waals surface area (Å²) < 4.78 is 26.3. The smallest absolute Gasteiger partial charge is 0.226 e. The molecule has 0 aliphatic carbocycles. The molecule has 1 aliphatic heterocycles. The third-order valence-corrected chi connectivity index (χ3v) is 7.16. The molecule has 1 aliphatic rings. The number of aryl methyl sites for hydroxylation is 1. The van der Waals surface area contributed by atoms with E-state index in [1.165, 1.54) is 6.26 Å². The third kappa shape index (κ3) is 3.83. The second-order valence-electron chi connectivity index (χ2n) is 9.32. The molecule has 31 heavy (non-hydrogen) atoms. The topological polar surface area (TPSA) is 88.3 Å². The molecule has 0 saturated carbocycles. The Morgan fingerprint density at radius 3 is 2.48 bits per heavy atom. The van der Waals surface area contributed by atoms with Gasteiger partial charge in [-0.05, 0) is 44.9 Å². The summed E-state index contributed by atoms with van der Waals surface area (Å²) in [5.74, 6) is 0.938. The average Bonchev–Trinajstić information content (AvgIpc) is 3.02. The summed E-state index contributed by atoms with van der Waals surface area (Å²) in [7, 11) is -3.27. The van der Waals surface area contributed by atoms with Crippen molar-refractivity contribution in [2.75, 3.05) is 17.7 Å². The van der Waals surface area contributed by atoms with E-state index in [1.807, 2.05) is 13.0 Å². The average molecular weight is 443 g/mol. The molecule has 0 fully saturated rings. The number of nitrogens with zero attached hydrogens (tertiary/aromatic N) is 4. The van der Waals surface area contributed by atoms with Gasteiger partial charge in [0.05, 0.1) is 16.5 Å². The summed E-state index contributed by atoms with van der Waals surface area (Å²) in [5, 5.41) is 11.4. The van der Waals surface area contributed by atoms with Gasteiger partial charge in [-0.3, -0.25) is 0 Å². The maximum absolute atomic E-state index is 12.1. The maximum atomic E-state index is 12.1. The lowest BCUT2D eigenvalue weighted by Gasteiger charge is -2.39. The number of benzene rings is 1. The van der Waals surface area contributed by atoms with E-state index in [2.05, 4.69) is 34.4 Å². The maximum Gasteiger partial charge on any atom is 0.226 e. The lowest BCUT2D eigenvalue weighted by atomic mass is 9.97. The number of aliphatic hydroxyl groups is 1. The van der Waals surface area contributed by atoms with Crippen molar-refractivity contribution in [2.45, 2.75) is 57.7 Å². The second kappa shape index (κ2) is 7.31. The van der Waals surface area contributed by atoms with Crippen LogP contribution in [0.15, 0.2) is 35.4 Å². The van der Waals surface area contributed by atoms with Gasteiger partial charge < -0.3 is 14.6 Å². The fourth-order valence-corrected chi connectivity index (χ4v) is 5.25. The van der Waals surface area contributed by atoms with Gasteiger partial charge in [-0.1, -0.05) is 19.9 Å². The minimum absolute atomic E-state index is 0.0511. The van der Waals surface area contributed by atoms with Crippen molar-refractivity contribution in [2.24, 2.45) is 5.92 Å². The lowest BCUT2D eigenvalue weighted by molar-refractivity contribution is 0.0770. The fourth-order valence-electron chi connectivity index (χ4n) is 4.61. The van der Waals surface area contributed by atoms with Gasteiger partial charge >= 0.3 is 0 Å². The SMILES string of the molecule is Cc1nc(N2CCn3c(cc4ccc(S(C)(=O)=O)cc43)C2C(C)C)ncc1C(C)(C)O. The molecule has 1 atom stereocenters. The molecule has 3 heterocycles. The van der Waals surface area contributed by atoms with E-state index in [1.54, 1.807) is 32.2 Å². The van der Waals surface area contributed by atoms with Crippen molar-refractivity contribution >= 4 is 26.7 Å². The molecule has 2 aromatic heterocycles. The minimum Gasteiger partial charge on any atom is -0.386 e. The first kappa shape index (κ1) is 21.8. The Balaban J connectivity index is 1.81. The van der Waals surface area contributed by atoms with Crippen LogP contribution in [0.25, 0.3) is 10.9 Å². The van der Waals surface area contributed by atoms with E-state index in [-0.39, 0.29) is 12.0 Å². The quantitative estimate of drug-likeness (QED) is 0.664. The van der Waals surface area contributed by atoms with Crippen LogP contribution in [0, 0.1) is 12.8 Å². The molecule has 0 radical (unpaired) electrons. The predicted molar refractivity (Wildman–Crippen MR) is 122 cm³/mol. The molecular formula is C23H30N4O3S. The zero-order chi connectivity index (χ0) is 22.7.